The Bertz CT molecular complexity index is 1360. The van der Waals surface area contributed by atoms with E-state index in [0.29, 0.717) is 11.3 Å². The molecule has 42 heavy (non-hydrogen) atoms. The van der Waals surface area contributed by atoms with Gasteiger partial charge in [-0.2, -0.15) is 26.3 Å². The molecule has 7 nitrogen and oxygen atoms in total. The number of amides is 2. The highest BCUT2D eigenvalue weighted by molar-refractivity contribution is 5.97. The van der Waals surface area contributed by atoms with Gasteiger partial charge in [0.2, 0.25) is 11.8 Å². The third-order valence-electron chi connectivity index (χ3n) is 7.42. The second-order valence-corrected chi connectivity index (χ2v) is 9.99. The third-order valence-corrected chi connectivity index (χ3v) is 7.42. The van der Waals surface area contributed by atoms with Crippen LogP contribution in [0.3, 0.4) is 0 Å². The summed E-state index contributed by atoms with van der Waals surface area (Å²) in [5.41, 5.74) is -0.668. The molecule has 0 saturated carbocycles. The van der Waals surface area contributed by atoms with Crippen LogP contribution in [0.4, 0.5) is 32.0 Å². The Kier molecular flexibility index (Phi) is 8.88. The monoisotopic (exact) mass is 597 g/mol. The van der Waals surface area contributed by atoms with Crippen molar-refractivity contribution >= 4 is 23.5 Å². The SMILES string of the molecule is CCOC(=O)C1=C(C)N(CC(=O)N2CCN(c3cccc(C(F)(F)F)c3)CC2)C(=O)CC1c1ccc(C(F)(F)F)cc1. The molecule has 0 radical (unpaired) electrons. The third kappa shape index (κ3) is 6.71. The highest BCUT2D eigenvalue weighted by Crippen LogP contribution is 2.39. The van der Waals surface area contributed by atoms with Crippen molar-refractivity contribution in [3.8, 4) is 0 Å². The van der Waals surface area contributed by atoms with Crippen LogP contribution in [0.2, 0.25) is 0 Å². The molecule has 13 heteroatoms. The lowest BCUT2D eigenvalue weighted by atomic mass is 9.83. The molecule has 1 unspecified atom stereocenters. The lowest BCUT2D eigenvalue weighted by molar-refractivity contribution is -0.142. The molecule has 1 atom stereocenters. The maximum Gasteiger partial charge on any atom is 0.416 e. The molecular weight excluding hydrogens is 568 g/mol. The van der Waals surface area contributed by atoms with Crippen LogP contribution in [0.5, 0.6) is 0 Å². The van der Waals surface area contributed by atoms with Crippen molar-refractivity contribution in [2.45, 2.75) is 38.5 Å². The quantitative estimate of drug-likeness (QED) is 0.337. The zero-order chi connectivity index (χ0) is 30.8. The van der Waals surface area contributed by atoms with E-state index in [1.165, 1.54) is 34.9 Å². The van der Waals surface area contributed by atoms with Gasteiger partial charge in [-0.15, -0.1) is 0 Å². The van der Waals surface area contributed by atoms with E-state index in [-0.39, 0.29) is 57.0 Å². The zero-order valence-corrected chi connectivity index (χ0v) is 22.9. The van der Waals surface area contributed by atoms with Crippen LogP contribution in [0.25, 0.3) is 0 Å². The van der Waals surface area contributed by atoms with E-state index in [1.54, 1.807) is 17.9 Å². The molecule has 2 aliphatic heterocycles. The maximum absolute atomic E-state index is 13.2. The second-order valence-electron chi connectivity index (χ2n) is 9.99. The first-order chi connectivity index (χ1) is 19.7. The first kappa shape index (κ1) is 30.9. The first-order valence-electron chi connectivity index (χ1n) is 13.3. The molecule has 1 saturated heterocycles. The van der Waals surface area contributed by atoms with Gasteiger partial charge in [0.1, 0.15) is 6.54 Å². The number of esters is 1. The fourth-order valence-electron chi connectivity index (χ4n) is 5.19. The highest BCUT2D eigenvalue weighted by Gasteiger charge is 2.39. The molecule has 4 rings (SSSR count). The van der Waals surface area contributed by atoms with Gasteiger partial charge in [0, 0.05) is 49.9 Å². The number of nitrogens with zero attached hydrogens (tertiary/aromatic N) is 3. The molecule has 226 valence electrons. The topological polar surface area (TPSA) is 70.2 Å². The summed E-state index contributed by atoms with van der Waals surface area (Å²) < 4.78 is 83.7. The number of piperazine rings is 1. The van der Waals surface area contributed by atoms with Gasteiger partial charge in [0.25, 0.3) is 0 Å². The van der Waals surface area contributed by atoms with Gasteiger partial charge < -0.3 is 19.4 Å². The Hall–Kier alpha value is -4.03. The maximum atomic E-state index is 13.2. The minimum Gasteiger partial charge on any atom is -0.463 e. The van der Waals surface area contributed by atoms with E-state index in [1.807, 2.05) is 0 Å². The molecule has 0 N–H and O–H groups in total. The number of alkyl halides is 6. The minimum absolute atomic E-state index is 0.0262. The summed E-state index contributed by atoms with van der Waals surface area (Å²) in [5.74, 6) is -2.50. The fraction of sp³-hybridized carbons (Fsp3) is 0.414. The number of ether oxygens (including phenoxy) is 1. The van der Waals surface area contributed by atoms with Crippen molar-refractivity contribution in [2.75, 3.05) is 44.2 Å². The van der Waals surface area contributed by atoms with Crippen LogP contribution >= 0.6 is 0 Å². The summed E-state index contributed by atoms with van der Waals surface area (Å²) in [6.45, 7) is 3.70. The van der Waals surface area contributed by atoms with Gasteiger partial charge in [0.05, 0.1) is 23.3 Å². The van der Waals surface area contributed by atoms with E-state index in [2.05, 4.69) is 0 Å². The van der Waals surface area contributed by atoms with Crippen LogP contribution < -0.4 is 4.90 Å². The number of halogens is 6. The number of carbonyl (C=O) groups is 3. The normalized spacial score (nSPS) is 18.4. The lowest BCUT2D eigenvalue weighted by Gasteiger charge is -2.38. The highest BCUT2D eigenvalue weighted by atomic mass is 19.4. The molecule has 2 amide bonds. The first-order valence-corrected chi connectivity index (χ1v) is 13.3. The Labute approximate surface area is 238 Å². The van der Waals surface area contributed by atoms with Gasteiger partial charge in [0.15, 0.2) is 0 Å². The summed E-state index contributed by atoms with van der Waals surface area (Å²) >= 11 is 0. The molecule has 2 aromatic rings. The van der Waals surface area contributed by atoms with Crippen molar-refractivity contribution in [1.82, 2.24) is 9.80 Å². The molecule has 0 aliphatic carbocycles. The summed E-state index contributed by atoms with van der Waals surface area (Å²) in [5, 5.41) is 0. The molecule has 1 fully saturated rings. The number of rotatable bonds is 6. The predicted octanol–water partition coefficient (Wildman–Crippen LogP) is 5.23. The minimum atomic E-state index is -4.55. The van der Waals surface area contributed by atoms with Crippen LogP contribution in [-0.4, -0.2) is 66.9 Å². The Morgan fingerprint density at radius 2 is 1.52 bits per heavy atom. The largest absolute Gasteiger partial charge is 0.463 e. The van der Waals surface area contributed by atoms with Crippen LogP contribution in [0.15, 0.2) is 59.8 Å². The van der Waals surface area contributed by atoms with Gasteiger partial charge >= 0.3 is 18.3 Å². The Balaban J connectivity index is 1.49. The lowest BCUT2D eigenvalue weighted by Crippen LogP contribution is -2.52. The number of hydrogen-bond donors (Lipinski definition) is 0. The van der Waals surface area contributed by atoms with Gasteiger partial charge in [-0.3, -0.25) is 9.59 Å². The summed E-state index contributed by atoms with van der Waals surface area (Å²) in [6, 6.07) is 9.14. The summed E-state index contributed by atoms with van der Waals surface area (Å²) in [4.78, 5) is 43.7. The molecule has 0 aromatic heterocycles. The van der Waals surface area contributed by atoms with E-state index in [9.17, 15) is 40.7 Å². The van der Waals surface area contributed by atoms with E-state index >= 15 is 0 Å². The van der Waals surface area contributed by atoms with Gasteiger partial charge in [-0.1, -0.05) is 18.2 Å². The van der Waals surface area contributed by atoms with E-state index in [4.69, 9.17) is 4.74 Å². The number of allylic oxidation sites excluding steroid dienone is 1. The summed E-state index contributed by atoms with van der Waals surface area (Å²) in [7, 11) is 0. The van der Waals surface area contributed by atoms with Crippen molar-refractivity contribution in [2.24, 2.45) is 0 Å². The van der Waals surface area contributed by atoms with Crippen molar-refractivity contribution in [1.29, 1.82) is 0 Å². The number of benzene rings is 2. The zero-order valence-electron chi connectivity index (χ0n) is 22.9. The molecule has 2 aromatic carbocycles. The average molecular weight is 598 g/mol. The Morgan fingerprint density at radius 3 is 2.10 bits per heavy atom. The second kappa shape index (κ2) is 12.1. The van der Waals surface area contributed by atoms with Crippen LogP contribution in [-0.2, 0) is 31.5 Å². The number of hydrogen-bond acceptors (Lipinski definition) is 5. The van der Waals surface area contributed by atoms with Crippen LogP contribution in [0, 0.1) is 0 Å². The predicted molar refractivity (Wildman–Crippen MR) is 140 cm³/mol. The molecule has 0 spiro atoms. The van der Waals surface area contributed by atoms with Crippen molar-refractivity contribution < 1.29 is 45.5 Å². The van der Waals surface area contributed by atoms with E-state index < -0.39 is 47.2 Å². The van der Waals surface area contributed by atoms with Gasteiger partial charge in [-0.05, 0) is 49.7 Å². The van der Waals surface area contributed by atoms with Crippen LogP contribution in [0.1, 0.15) is 42.9 Å². The average Bonchev–Trinajstić information content (AvgIpc) is 2.94. The van der Waals surface area contributed by atoms with Crippen molar-refractivity contribution in [3.05, 3.63) is 76.5 Å². The van der Waals surface area contributed by atoms with Gasteiger partial charge in [-0.25, -0.2) is 4.79 Å². The molecule has 2 aliphatic rings. The molecule has 2 heterocycles. The Morgan fingerprint density at radius 1 is 0.905 bits per heavy atom. The molecule has 0 bridgehead atoms. The number of carbonyl (C=O) groups excluding carboxylic acids is 3. The summed E-state index contributed by atoms with van der Waals surface area (Å²) in [6.07, 6.45) is -9.28. The molecular formula is C29H29F6N3O4. The fourth-order valence-corrected chi connectivity index (χ4v) is 5.19. The standard InChI is InChI=1S/C29H29F6N3O4/c1-3-42-27(41)26-18(2)38(24(39)16-23(26)19-7-9-20(10-8-19)28(30,31)32)17-25(40)37-13-11-36(12-14-37)22-6-4-5-21(15-22)29(33,34)35/h4-10,15,23H,3,11-14,16-17H2,1-2H3. The van der Waals surface area contributed by atoms with Crippen molar-refractivity contribution in [3.63, 3.8) is 0 Å². The smallest absolute Gasteiger partial charge is 0.416 e. The number of anilines is 1. The van der Waals surface area contributed by atoms with E-state index in [0.717, 1.165) is 24.3 Å².